The number of morpholine rings is 1. The molecule has 2 heterocycles. The summed E-state index contributed by atoms with van der Waals surface area (Å²) in [5.41, 5.74) is 14.0. The number of esters is 1. The zero-order chi connectivity index (χ0) is 33.0. The van der Waals surface area contributed by atoms with Crippen LogP contribution >= 0.6 is 0 Å². The van der Waals surface area contributed by atoms with Gasteiger partial charge < -0.3 is 24.1 Å². The number of aliphatic imine (C=N–C) groups is 1. The molecule has 4 rings (SSSR count). The number of carbonyl (C=O) groups excluding carboxylic acids is 2. The molecule has 0 bridgehead atoms. The quantitative estimate of drug-likeness (QED) is 0.0655. The molecule has 46 heavy (non-hydrogen) atoms. The molecule has 1 saturated heterocycles. The third kappa shape index (κ3) is 9.41. The number of rotatable bonds is 15. The van der Waals surface area contributed by atoms with Gasteiger partial charge in [-0.25, -0.2) is 10.4 Å². The van der Waals surface area contributed by atoms with E-state index in [1.807, 2.05) is 0 Å². The summed E-state index contributed by atoms with van der Waals surface area (Å²) in [5, 5.41) is 12.9. The first-order chi connectivity index (χ1) is 22.1. The van der Waals surface area contributed by atoms with Crippen LogP contribution in [0.4, 0.5) is 5.69 Å². The van der Waals surface area contributed by atoms with Crippen molar-refractivity contribution < 1.29 is 33.6 Å². The number of azide groups is 1. The van der Waals surface area contributed by atoms with Gasteiger partial charge >= 0.3 is 5.97 Å². The first-order valence-electron chi connectivity index (χ1n) is 15.4. The Hall–Kier alpha value is -4.20. The predicted octanol–water partition coefficient (Wildman–Crippen LogP) is 3.72. The first kappa shape index (κ1) is 34.7. The van der Waals surface area contributed by atoms with Crippen molar-refractivity contribution in [1.82, 2.24) is 15.8 Å². The second-order valence-corrected chi connectivity index (χ2v) is 12.0. The van der Waals surface area contributed by atoms with Crippen LogP contribution in [0.3, 0.4) is 0 Å². The molecule has 2 aromatic rings. The normalized spacial score (nSPS) is 19.8. The van der Waals surface area contributed by atoms with E-state index in [4.69, 9.17) is 29.0 Å². The van der Waals surface area contributed by atoms with Crippen molar-refractivity contribution in [2.75, 3.05) is 52.6 Å². The fourth-order valence-corrected chi connectivity index (χ4v) is 5.17. The van der Waals surface area contributed by atoms with Crippen molar-refractivity contribution in [3.05, 3.63) is 70.1 Å². The number of carbonyl (C=O) groups is 2. The number of amides is 1. The number of benzene rings is 2. The summed E-state index contributed by atoms with van der Waals surface area (Å²) in [4.78, 5) is 37.3. The minimum Gasteiger partial charge on any atom is -0.494 e. The van der Waals surface area contributed by atoms with E-state index in [-0.39, 0.29) is 31.0 Å². The minimum absolute atomic E-state index is 0.0248. The van der Waals surface area contributed by atoms with Crippen molar-refractivity contribution in [2.24, 2.45) is 10.1 Å². The van der Waals surface area contributed by atoms with E-state index in [0.717, 1.165) is 13.1 Å². The van der Waals surface area contributed by atoms with Crippen LogP contribution in [0.5, 0.6) is 5.75 Å². The number of aliphatic hydroxyl groups excluding tert-OH is 1. The number of nitrogens with zero attached hydrogens (tertiary/aromatic N) is 5. The Bertz CT molecular complexity index is 1400. The average Bonchev–Trinajstić information content (AvgIpc) is 3.43. The third-order valence-corrected chi connectivity index (χ3v) is 7.39. The number of ether oxygens (including phenoxy) is 4. The highest BCUT2D eigenvalue weighted by atomic mass is 16.6. The van der Waals surface area contributed by atoms with Crippen LogP contribution in [0.1, 0.15) is 57.3 Å². The summed E-state index contributed by atoms with van der Waals surface area (Å²) >= 11 is 0. The van der Waals surface area contributed by atoms with Crippen molar-refractivity contribution in [3.63, 3.8) is 0 Å². The second kappa shape index (κ2) is 16.4. The number of nitrogens with one attached hydrogen (secondary N) is 2. The molecule has 0 aliphatic carbocycles. The fourth-order valence-electron chi connectivity index (χ4n) is 5.17. The van der Waals surface area contributed by atoms with Gasteiger partial charge in [-0.15, -0.1) is 0 Å². The molecule has 2 aliphatic rings. The van der Waals surface area contributed by atoms with Gasteiger partial charge in [0.2, 0.25) is 5.90 Å². The van der Waals surface area contributed by atoms with Gasteiger partial charge in [-0.2, -0.15) is 0 Å². The topological polar surface area (TPSA) is 180 Å². The molecule has 0 saturated carbocycles. The smallest absolute Gasteiger partial charge is 0.306 e. The molecule has 14 nitrogen and oxygen atoms in total. The maximum atomic E-state index is 14.3. The van der Waals surface area contributed by atoms with E-state index >= 15 is 0 Å². The van der Waals surface area contributed by atoms with Gasteiger partial charge in [-0.3, -0.25) is 19.9 Å². The highest BCUT2D eigenvalue weighted by Crippen LogP contribution is 2.46. The summed E-state index contributed by atoms with van der Waals surface area (Å²) < 4.78 is 23.1. The summed E-state index contributed by atoms with van der Waals surface area (Å²) in [6.07, 6.45) is -0.732. The van der Waals surface area contributed by atoms with Crippen LogP contribution in [-0.4, -0.2) is 91.5 Å². The van der Waals surface area contributed by atoms with E-state index in [1.54, 1.807) is 69.3 Å². The molecule has 0 spiro atoms. The molecule has 0 aromatic heterocycles. The molecule has 0 unspecified atom stereocenters. The summed E-state index contributed by atoms with van der Waals surface area (Å²) in [6.45, 7) is 9.80. The number of aliphatic hydroxyl groups is 1. The summed E-state index contributed by atoms with van der Waals surface area (Å²) in [6, 6.07) is 13.8. The molecule has 1 fully saturated rings. The van der Waals surface area contributed by atoms with Gasteiger partial charge in [0.1, 0.15) is 11.4 Å². The largest absolute Gasteiger partial charge is 0.494 e. The second-order valence-electron chi connectivity index (χ2n) is 12.0. The Kier molecular flexibility index (Phi) is 12.4. The average molecular weight is 638 g/mol. The van der Waals surface area contributed by atoms with Crippen LogP contribution < -0.4 is 15.6 Å². The Morgan fingerprint density at radius 1 is 1.17 bits per heavy atom. The van der Waals surface area contributed by atoms with Crippen LogP contribution in [0.15, 0.2) is 58.6 Å². The number of hydrogen-bond donors (Lipinski definition) is 3. The molecular formula is C32H43N7O7. The van der Waals surface area contributed by atoms with Crippen LogP contribution in [0, 0.1) is 0 Å². The molecule has 2 aliphatic heterocycles. The highest BCUT2D eigenvalue weighted by Gasteiger charge is 2.54. The van der Waals surface area contributed by atoms with Crippen molar-refractivity contribution in [3.8, 4) is 5.75 Å². The first-order valence-corrected chi connectivity index (χ1v) is 15.4. The molecule has 2 aromatic carbocycles. The van der Waals surface area contributed by atoms with Gasteiger partial charge in [0.25, 0.3) is 5.91 Å². The summed E-state index contributed by atoms with van der Waals surface area (Å²) in [5.74, 6) is -0.234. The molecule has 248 valence electrons. The predicted molar refractivity (Wildman–Crippen MR) is 170 cm³/mol. The maximum absolute atomic E-state index is 14.3. The SMILES string of the molecule is CC(C)(C)OC(=O)CC[C@]1(C(=O)NNCCN2CCOCC2)N=C(c2ccc(OCCCO)cc2)O[C@H]1c1ccccc1N=[N+]=[N-]. The fraction of sp³-hybridized carbons (Fsp3) is 0.531. The van der Waals surface area contributed by atoms with Crippen LogP contribution in [0.25, 0.3) is 10.4 Å². The van der Waals surface area contributed by atoms with E-state index in [0.29, 0.717) is 56.2 Å². The van der Waals surface area contributed by atoms with E-state index in [2.05, 4.69) is 25.8 Å². The number of hydrogen-bond acceptors (Lipinski definition) is 11. The zero-order valence-corrected chi connectivity index (χ0v) is 26.6. The van der Waals surface area contributed by atoms with Crippen molar-refractivity contribution >= 4 is 23.5 Å². The summed E-state index contributed by atoms with van der Waals surface area (Å²) in [7, 11) is 0. The van der Waals surface area contributed by atoms with Gasteiger partial charge in [0.15, 0.2) is 11.6 Å². The van der Waals surface area contributed by atoms with E-state index in [9.17, 15) is 15.1 Å². The monoisotopic (exact) mass is 637 g/mol. The Morgan fingerprint density at radius 2 is 1.91 bits per heavy atom. The molecular weight excluding hydrogens is 594 g/mol. The Balaban J connectivity index is 1.68. The third-order valence-electron chi connectivity index (χ3n) is 7.39. The molecule has 0 radical (unpaired) electrons. The van der Waals surface area contributed by atoms with Gasteiger partial charge in [-0.05, 0) is 57.0 Å². The minimum atomic E-state index is -1.64. The van der Waals surface area contributed by atoms with Crippen molar-refractivity contribution in [2.45, 2.75) is 57.3 Å². The lowest BCUT2D eigenvalue weighted by Gasteiger charge is -2.32. The lowest BCUT2D eigenvalue weighted by atomic mass is 9.83. The van der Waals surface area contributed by atoms with Crippen molar-refractivity contribution in [1.29, 1.82) is 0 Å². The van der Waals surface area contributed by atoms with Gasteiger partial charge in [0, 0.05) is 67.4 Å². The Morgan fingerprint density at radius 3 is 2.61 bits per heavy atom. The van der Waals surface area contributed by atoms with E-state index in [1.165, 1.54) is 0 Å². The number of hydrazine groups is 1. The standard InChI is InChI=1S/C32H43N7O7/c1-31(2,3)46-27(41)13-14-32(30(42)37-34-15-16-39-17-21-43-22-18-39)28(25-7-4-5-8-26(25)36-38-33)45-29(35-32)23-9-11-24(12-10-23)44-20-6-19-40/h4-5,7-12,28,34,40H,6,13-22H2,1-3H3,(H,37,42)/t28-,32-/m0/s1. The van der Waals surface area contributed by atoms with Gasteiger partial charge in [0.05, 0.1) is 19.8 Å². The zero-order valence-electron chi connectivity index (χ0n) is 26.6. The molecule has 2 atom stereocenters. The van der Waals surface area contributed by atoms with Crippen LogP contribution in [-0.2, 0) is 23.8 Å². The molecule has 14 heteroatoms. The van der Waals surface area contributed by atoms with Crippen LogP contribution in [0.2, 0.25) is 0 Å². The lowest BCUT2D eigenvalue weighted by molar-refractivity contribution is -0.155. The van der Waals surface area contributed by atoms with E-state index < -0.39 is 29.1 Å². The highest BCUT2D eigenvalue weighted by molar-refractivity contribution is 6.01. The maximum Gasteiger partial charge on any atom is 0.306 e. The molecule has 1 amide bonds. The van der Waals surface area contributed by atoms with Gasteiger partial charge in [-0.1, -0.05) is 29.4 Å². The Labute approximate surface area is 268 Å². The lowest BCUT2D eigenvalue weighted by Crippen LogP contribution is -2.54. The molecule has 3 N–H and O–H groups in total.